The molecule has 0 aromatic heterocycles. The molecule has 1 aromatic carbocycles. The zero-order valence-electron chi connectivity index (χ0n) is 12.7. The zero-order valence-corrected chi connectivity index (χ0v) is 15.1. The van der Waals surface area contributed by atoms with Crippen molar-refractivity contribution in [2.45, 2.75) is 25.2 Å². The second-order valence-corrected chi connectivity index (χ2v) is 8.26. The van der Waals surface area contributed by atoms with Crippen LogP contribution in [0.5, 0.6) is 0 Å². The van der Waals surface area contributed by atoms with E-state index in [1.165, 1.54) is 0 Å². The second-order valence-electron chi connectivity index (χ2n) is 5.56. The summed E-state index contributed by atoms with van der Waals surface area (Å²) in [6, 6.07) is 5.54. The summed E-state index contributed by atoms with van der Waals surface area (Å²) < 4.78 is 27.3. The number of sulfonamides is 1. The van der Waals surface area contributed by atoms with Crippen LogP contribution in [0.3, 0.4) is 0 Å². The molecule has 21 heavy (non-hydrogen) atoms. The van der Waals surface area contributed by atoms with Crippen molar-refractivity contribution in [3.8, 4) is 0 Å². The molecule has 1 saturated heterocycles. The third-order valence-electron chi connectivity index (χ3n) is 3.90. The highest BCUT2D eigenvalue weighted by Gasteiger charge is 2.27. The van der Waals surface area contributed by atoms with Crippen LogP contribution in [0.15, 0.2) is 23.1 Å². The molecule has 2 rings (SSSR count). The Morgan fingerprint density at radius 1 is 1.14 bits per heavy atom. The third kappa shape index (κ3) is 4.06. The molecule has 118 valence electrons. The maximum absolute atomic E-state index is 12.8. The molecule has 6 heteroatoms. The number of nitrogens with zero attached hydrogens (tertiary/aromatic N) is 2. The summed E-state index contributed by atoms with van der Waals surface area (Å²) >= 11 is 3.44. The number of aryl methyl sites for hydroxylation is 2. The molecule has 0 radical (unpaired) electrons. The Labute approximate surface area is 136 Å². The van der Waals surface area contributed by atoms with E-state index in [1.54, 1.807) is 10.4 Å². The van der Waals surface area contributed by atoms with Crippen LogP contribution in [-0.2, 0) is 10.0 Å². The predicted octanol–water partition coefficient (Wildman–Crippen LogP) is 2.39. The number of hydrogen-bond donors (Lipinski definition) is 0. The van der Waals surface area contributed by atoms with Gasteiger partial charge < -0.3 is 4.90 Å². The lowest BCUT2D eigenvalue weighted by atomic mass is 10.2. The molecule has 1 aliphatic heterocycles. The van der Waals surface area contributed by atoms with Crippen LogP contribution in [0.4, 0.5) is 0 Å². The van der Waals surface area contributed by atoms with Crippen LogP contribution in [-0.4, -0.2) is 55.7 Å². The van der Waals surface area contributed by atoms with Gasteiger partial charge >= 0.3 is 0 Å². The number of benzene rings is 1. The molecule has 1 heterocycles. The molecule has 4 nitrogen and oxygen atoms in total. The molecule has 0 saturated carbocycles. The van der Waals surface area contributed by atoms with E-state index in [2.05, 4.69) is 20.8 Å². The van der Waals surface area contributed by atoms with E-state index < -0.39 is 10.0 Å². The van der Waals surface area contributed by atoms with Crippen molar-refractivity contribution in [1.82, 2.24) is 9.21 Å². The standard InChI is InChI=1S/C15H23BrN2O2S/c1-13-4-5-15(14(2)12-13)21(19,20)18-8-3-7-17(9-6-16)10-11-18/h4-5,12H,3,6-11H2,1-2H3. The summed E-state index contributed by atoms with van der Waals surface area (Å²) in [7, 11) is -3.38. The highest BCUT2D eigenvalue weighted by atomic mass is 79.9. The zero-order chi connectivity index (χ0) is 15.5. The summed E-state index contributed by atoms with van der Waals surface area (Å²) in [5.74, 6) is 0. The van der Waals surface area contributed by atoms with Crippen LogP contribution in [0.1, 0.15) is 17.5 Å². The Hall–Kier alpha value is -0.430. The van der Waals surface area contributed by atoms with E-state index in [1.807, 2.05) is 26.0 Å². The number of halogens is 1. The summed E-state index contributed by atoms with van der Waals surface area (Å²) in [6.45, 7) is 7.76. The summed E-state index contributed by atoms with van der Waals surface area (Å²) in [6.07, 6.45) is 0.886. The smallest absolute Gasteiger partial charge is 0.243 e. The molecule has 0 N–H and O–H groups in total. The SMILES string of the molecule is Cc1ccc(S(=O)(=O)N2CCCN(CCBr)CC2)c(C)c1. The Morgan fingerprint density at radius 3 is 2.57 bits per heavy atom. The van der Waals surface area contributed by atoms with Crippen LogP contribution in [0.25, 0.3) is 0 Å². The van der Waals surface area contributed by atoms with Crippen LogP contribution in [0, 0.1) is 13.8 Å². The van der Waals surface area contributed by atoms with Crippen molar-refractivity contribution in [2.75, 3.05) is 38.1 Å². The van der Waals surface area contributed by atoms with Gasteiger partial charge in [0.25, 0.3) is 0 Å². The fraction of sp³-hybridized carbons (Fsp3) is 0.600. The first-order valence-corrected chi connectivity index (χ1v) is 9.87. The molecule has 1 aliphatic rings. The van der Waals surface area contributed by atoms with Gasteiger partial charge in [0.1, 0.15) is 0 Å². The summed E-state index contributed by atoms with van der Waals surface area (Å²) in [5.41, 5.74) is 1.92. The lowest BCUT2D eigenvalue weighted by Crippen LogP contribution is -2.36. The molecular weight excluding hydrogens is 352 g/mol. The average Bonchev–Trinajstić information content (AvgIpc) is 2.65. The minimum absolute atomic E-state index is 0.446. The molecule has 0 spiro atoms. The Kier molecular flexibility index (Phi) is 5.82. The maximum atomic E-state index is 12.8. The summed E-state index contributed by atoms with van der Waals surface area (Å²) in [4.78, 5) is 2.76. The van der Waals surface area contributed by atoms with Crippen LogP contribution < -0.4 is 0 Å². The number of hydrogen-bond acceptors (Lipinski definition) is 3. The molecular formula is C15H23BrN2O2S. The third-order valence-corrected chi connectivity index (χ3v) is 6.31. The highest BCUT2D eigenvalue weighted by Crippen LogP contribution is 2.22. The Balaban J connectivity index is 2.19. The van der Waals surface area contributed by atoms with Gasteiger partial charge in [0, 0.05) is 31.5 Å². The second kappa shape index (κ2) is 7.22. The minimum atomic E-state index is -3.38. The molecule has 0 amide bonds. The van der Waals surface area contributed by atoms with Crippen molar-refractivity contribution < 1.29 is 8.42 Å². The normalized spacial score (nSPS) is 18.6. The van der Waals surface area contributed by atoms with E-state index in [0.29, 0.717) is 18.0 Å². The van der Waals surface area contributed by atoms with Gasteiger partial charge in [-0.05, 0) is 38.4 Å². The molecule has 1 aromatic rings. The molecule has 0 aliphatic carbocycles. The monoisotopic (exact) mass is 374 g/mol. The first kappa shape index (κ1) is 16.9. The average molecular weight is 375 g/mol. The highest BCUT2D eigenvalue weighted by molar-refractivity contribution is 9.09. The van der Waals surface area contributed by atoms with E-state index >= 15 is 0 Å². The molecule has 0 unspecified atom stereocenters. The van der Waals surface area contributed by atoms with Gasteiger partial charge in [0.15, 0.2) is 0 Å². The fourth-order valence-electron chi connectivity index (χ4n) is 2.76. The summed E-state index contributed by atoms with van der Waals surface area (Å²) in [5, 5.41) is 0.927. The quantitative estimate of drug-likeness (QED) is 0.759. The van der Waals surface area contributed by atoms with Gasteiger partial charge in [0.05, 0.1) is 4.90 Å². The van der Waals surface area contributed by atoms with Gasteiger partial charge in [0.2, 0.25) is 10.0 Å². The van der Waals surface area contributed by atoms with Gasteiger partial charge in [-0.3, -0.25) is 0 Å². The van der Waals surface area contributed by atoms with Crippen molar-refractivity contribution in [3.05, 3.63) is 29.3 Å². The fourth-order valence-corrected chi connectivity index (χ4v) is 4.94. The lowest BCUT2D eigenvalue weighted by Gasteiger charge is -2.22. The van der Waals surface area contributed by atoms with Gasteiger partial charge in [-0.15, -0.1) is 0 Å². The van der Waals surface area contributed by atoms with E-state index in [-0.39, 0.29) is 0 Å². The predicted molar refractivity (Wildman–Crippen MR) is 89.5 cm³/mol. The largest absolute Gasteiger partial charge is 0.301 e. The van der Waals surface area contributed by atoms with Gasteiger partial charge in [-0.2, -0.15) is 4.31 Å². The van der Waals surface area contributed by atoms with Crippen molar-refractivity contribution in [2.24, 2.45) is 0 Å². The number of alkyl halides is 1. The number of rotatable bonds is 4. The van der Waals surface area contributed by atoms with Crippen LogP contribution >= 0.6 is 15.9 Å². The molecule has 1 fully saturated rings. The van der Waals surface area contributed by atoms with Crippen molar-refractivity contribution in [1.29, 1.82) is 0 Å². The molecule has 0 bridgehead atoms. The van der Waals surface area contributed by atoms with Crippen molar-refractivity contribution >= 4 is 26.0 Å². The van der Waals surface area contributed by atoms with Crippen LogP contribution in [0.2, 0.25) is 0 Å². The van der Waals surface area contributed by atoms with E-state index in [0.717, 1.165) is 42.5 Å². The first-order chi connectivity index (χ1) is 9.95. The van der Waals surface area contributed by atoms with Crippen molar-refractivity contribution in [3.63, 3.8) is 0 Å². The molecule has 0 atom stereocenters. The Morgan fingerprint density at radius 2 is 1.90 bits per heavy atom. The Bertz CT molecular complexity index is 589. The lowest BCUT2D eigenvalue weighted by molar-refractivity contribution is 0.305. The van der Waals surface area contributed by atoms with Gasteiger partial charge in [-0.25, -0.2) is 8.42 Å². The first-order valence-electron chi connectivity index (χ1n) is 7.31. The van der Waals surface area contributed by atoms with E-state index in [4.69, 9.17) is 0 Å². The maximum Gasteiger partial charge on any atom is 0.243 e. The topological polar surface area (TPSA) is 40.6 Å². The minimum Gasteiger partial charge on any atom is -0.301 e. The van der Waals surface area contributed by atoms with E-state index in [9.17, 15) is 8.42 Å². The van der Waals surface area contributed by atoms with Gasteiger partial charge in [-0.1, -0.05) is 33.6 Å².